The van der Waals surface area contributed by atoms with Crippen LogP contribution in [0.3, 0.4) is 0 Å². The third-order valence-electron chi connectivity index (χ3n) is 5.11. The maximum atomic E-state index is 11.5. The van der Waals surface area contributed by atoms with E-state index in [0.717, 1.165) is 46.9 Å². The molecular weight excluding hydrogens is 448 g/mol. The Hall–Kier alpha value is -2.68. The summed E-state index contributed by atoms with van der Waals surface area (Å²) in [5.74, 6) is 0.554. The number of hydrogen-bond acceptors (Lipinski definition) is 8. The number of anilines is 2. The minimum absolute atomic E-state index is 0.267. The third-order valence-corrected chi connectivity index (χ3v) is 6.39. The van der Waals surface area contributed by atoms with Crippen LogP contribution in [0.2, 0.25) is 5.28 Å². The monoisotopic (exact) mass is 472 g/mol. The van der Waals surface area contributed by atoms with E-state index in [1.54, 1.807) is 24.3 Å². The number of thiophene rings is 1. The fraction of sp³-hybridized carbons (Fsp3) is 0.348. The van der Waals surface area contributed by atoms with Crippen LogP contribution in [0.1, 0.15) is 17.4 Å². The highest BCUT2D eigenvalue weighted by molar-refractivity contribution is 7.19. The van der Waals surface area contributed by atoms with E-state index in [1.807, 2.05) is 24.3 Å². The van der Waals surface area contributed by atoms with E-state index in [2.05, 4.69) is 32.9 Å². The number of carbonyl (C=O) groups excluding carboxylic acids is 1. The minimum Gasteiger partial charge on any atom is -0.463 e. The first kappa shape index (κ1) is 22.5. The van der Waals surface area contributed by atoms with Crippen LogP contribution in [0, 0.1) is 0 Å². The Balaban J connectivity index is 1.49. The molecule has 0 bridgehead atoms. The van der Waals surface area contributed by atoms with Gasteiger partial charge in [-0.3, -0.25) is 0 Å². The van der Waals surface area contributed by atoms with Crippen molar-refractivity contribution in [2.24, 2.45) is 0 Å². The maximum Gasteiger partial charge on any atom is 0.330 e. The minimum atomic E-state index is -0.335. The summed E-state index contributed by atoms with van der Waals surface area (Å²) in [5, 5.41) is 0.267. The van der Waals surface area contributed by atoms with Crippen molar-refractivity contribution >= 4 is 56.7 Å². The van der Waals surface area contributed by atoms with Gasteiger partial charge in [0, 0.05) is 36.8 Å². The summed E-state index contributed by atoms with van der Waals surface area (Å²) in [6.45, 7) is 5.87. The molecule has 4 rings (SSSR count). The molecule has 2 aromatic heterocycles. The smallest absolute Gasteiger partial charge is 0.330 e. The van der Waals surface area contributed by atoms with Crippen molar-refractivity contribution in [2.45, 2.75) is 13.5 Å². The van der Waals surface area contributed by atoms with Crippen LogP contribution in [-0.2, 0) is 20.8 Å². The lowest BCUT2D eigenvalue weighted by Crippen LogP contribution is -2.36. The third kappa shape index (κ3) is 5.38. The van der Waals surface area contributed by atoms with Gasteiger partial charge in [0.2, 0.25) is 5.28 Å². The van der Waals surface area contributed by atoms with Crippen LogP contribution in [0.25, 0.3) is 16.3 Å². The van der Waals surface area contributed by atoms with Gasteiger partial charge in [0.15, 0.2) is 5.82 Å². The van der Waals surface area contributed by atoms with Crippen molar-refractivity contribution in [1.29, 1.82) is 0 Å². The molecule has 1 aromatic carbocycles. The molecule has 0 N–H and O–H groups in total. The largest absolute Gasteiger partial charge is 0.463 e. The van der Waals surface area contributed by atoms with E-state index < -0.39 is 0 Å². The van der Waals surface area contributed by atoms with Gasteiger partial charge in [0.25, 0.3) is 0 Å². The molecule has 0 aliphatic carbocycles. The van der Waals surface area contributed by atoms with Gasteiger partial charge in [-0.25, -0.2) is 9.78 Å². The van der Waals surface area contributed by atoms with Crippen LogP contribution in [-0.4, -0.2) is 55.9 Å². The van der Waals surface area contributed by atoms with Crippen molar-refractivity contribution in [2.75, 3.05) is 49.8 Å². The lowest BCUT2D eigenvalue weighted by Gasteiger charge is -2.28. The SMILES string of the molecule is CCOC(=O)/C=C/c1ccc(N(C)Cc2cc3nc(Cl)nc(N4CCOCC4)c3s2)cc1. The number of aromatic nitrogens is 2. The zero-order chi connectivity index (χ0) is 22.5. The molecule has 3 heterocycles. The fourth-order valence-corrected chi connectivity index (χ4v) is 4.86. The number of carbonyl (C=O) groups is 1. The highest BCUT2D eigenvalue weighted by Gasteiger charge is 2.19. The Morgan fingerprint density at radius 2 is 2.03 bits per heavy atom. The van der Waals surface area contributed by atoms with Crippen molar-refractivity contribution < 1.29 is 14.3 Å². The summed E-state index contributed by atoms with van der Waals surface area (Å²) in [5.41, 5.74) is 2.89. The highest BCUT2D eigenvalue weighted by atomic mass is 35.5. The van der Waals surface area contributed by atoms with Crippen LogP contribution >= 0.6 is 22.9 Å². The first-order valence-corrected chi connectivity index (χ1v) is 11.7. The molecule has 1 fully saturated rings. The molecule has 1 aliphatic heterocycles. The first-order chi connectivity index (χ1) is 15.5. The van der Waals surface area contributed by atoms with Crippen LogP contribution in [0.15, 0.2) is 36.4 Å². The molecule has 0 saturated carbocycles. The molecule has 168 valence electrons. The molecule has 0 spiro atoms. The van der Waals surface area contributed by atoms with Gasteiger partial charge in [-0.15, -0.1) is 11.3 Å². The predicted octanol–water partition coefficient (Wildman–Crippen LogP) is 4.39. The average molecular weight is 473 g/mol. The second-order valence-corrected chi connectivity index (χ2v) is 8.85. The molecule has 32 heavy (non-hydrogen) atoms. The lowest BCUT2D eigenvalue weighted by atomic mass is 10.2. The van der Waals surface area contributed by atoms with E-state index in [4.69, 9.17) is 21.1 Å². The number of morpholine rings is 1. The Bertz CT molecular complexity index is 1110. The summed E-state index contributed by atoms with van der Waals surface area (Å²) in [6, 6.07) is 10.1. The standard InChI is InChI=1S/C23H25ClN4O3S/c1-3-31-20(29)9-6-16-4-7-17(8-5-16)27(2)15-18-14-19-21(32-18)22(26-23(24)25-19)28-10-12-30-13-11-28/h4-9,14H,3,10-13,15H2,1-2H3/b9-6+. The van der Waals surface area contributed by atoms with Crippen molar-refractivity contribution in [3.63, 3.8) is 0 Å². The van der Waals surface area contributed by atoms with Crippen molar-refractivity contribution in [3.8, 4) is 0 Å². The number of halogens is 1. The van der Waals surface area contributed by atoms with Crippen LogP contribution in [0.4, 0.5) is 11.5 Å². The molecule has 0 amide bonds. The molecule has 1 aliphatic rings. The van der Waals surface area contributed by atoms with Gasteiger partial charge in [-0.1, -0.05) is 12.1 Å². The molecular formula is C23H25ClN4O3S. The van der Waals surface area contributed by atoms with Gasteiger partial charge >= 0.3 is 5.97 Å². The van der Waals surface area contributed by atoms with Crippen molar-refractivity contribution in [3.05, 3.63) is 52.1 Å². The molecule has 7 nitrogen and oxygen atoms in total. The van der Waals surface area contributed by atoms with E-state index in [1.165, 1.54) is 11.0 Å². The summed E-state index contributed by atoms with van der Waals surface area (Å²) >= 11 is 7.91. The zero-order valence-electron chi connectivity index (χ0n) is 18.1. The van der Waals surface area contributed by atoms with Gasteiger partial charge in [0.1, 0.15) is 0 Å². The first-order valence-electron chi connectivity index (χ1n) is 10.5. The zero-order valence-corrected chi connectivity index (χ0v) is 19.7. The molecule has 3 aromatic rings. The molecule has 0 unspecified atom stereocenters. The van der Waals surface area contributed by atoms with Gasteiger partial charge in [0.05, 0.1) is 36.6 Å². The molecule has 9 heteroatoms. The number of ether oxygens (including phenoxy) is 2. The fourth-order valence-electron chi connectivity index (χ4n) is 3.52. The Morgan fingerprint density at radius 3 is 2.75 bits per heavy atom. The molecule has 0 atom stereocenters. The number of esters is 1. The number of nitrogens with zero attached hydrogens (tertiary/aromatic N) is 4. The summed E-state index contributed by atoms with van der Waals surface area (Å²) < 4.78 is 11.4. The van der Waals surface area contributed by atoms with Crippen LogP contribution in [0.5, 0.6) is 0 Å². The summed E-state index contributed by atoms with van der Waals surface area (Å²) in [6.07, 6.45) is 3.20. The second-order valence-electron chi connectivity index (χ2n) is 7.38. The Kier molecular flexibility index (Phi) is 7.24. The van der Waals surface area contributed by atoms with Gasteiger partial charge < -0.3 is 19.3 Å². The van der Waals surface area contributed by atoms with E-state index >= 15 is 0 Å². The quantitative estimate of drug-likeness (QED) is 0.287. The van der Waals surface area contributed by atoms with E-state index in [-0.39, 0.29) is 11.3 Å². The number of benzene rings is 1. The van der Waals surface area contributed by atoms with Crippen molar-refractivity contribution in [1.82, 2.24) is 9.97 Å². The van der Waals surface area contributed by atoms with Gasteiger partial charge in [-0.2, -0.15) is 4.98 Å². The van der Waals surface area contributed by atoms with Crippen LogP contribution < -0.4 is 9.80 Å². The number of hydrogen-bond donors (Lipinski definition) is 0. The lowest BCUT2D eigenvalue weighted by molar-refractivity contribution is -0.137. The molecule has 1 saturated heterocycles. The topological polar surface area (TPSA) is 67.8 Å². The number of rotatable bonds is 7. The van der Waals surface area contributed by atoms with Gasteiger partial charge in [-0.05, 0) is 48.4 Å². The number of fused-ring (bicyclic) bond motifs is 1. The molecule has 0 radical (unpaired) electrons. The normalized spacial score (nSPS) is 14.3. The summed E-state index contributed by atoms with van der Waals surface area (Å²) in [4.78, 5) is 26.0. The summed E-state index contributed by atoms with van der Waals surface area (Å²) in [7, 11) is 2.05. The predicted molar refractivity (Wildman–Crippen MR) is 130 cm³/mol. The maximum absolute atomic E-state index is 11.5. The second kappa shape index (κ2) is 10.3. The Morgan fingerprint density at radius 1 is 1.28 bits per heavy atom. The Labute approximate surface area is 196 Å². The van der Waals surface area contributed by atoms with E-state index in [9.17, 15) is 4.79 Å². The average Bonchev–Trinajstić information content (AvgIpc) is 3.20. The highest BCUT2D eigenvalue weighted by Crippen LogP contribution is 2.34. The van der Waals surface area contributed by atoms with E-state index in [0.29, 0.717) is 19.8 Å².